The van der Waals surface area contributed by atoms with Crippen LogP contribution in [0.4, 0.5) is 0 Å². The monoisotopic (exact) mass is 345 g/mol. The van der Waals surface area contributed by atoms with Gasteiger partial charge in [-0.05, 0) is 70.4 Å². The maximum Gasteiger partial charge on any atom is 0.259 e. The third kappa shape index (κ3) is 2.72. The molecular weight excluding hydrogens is 318 g/mol. The molecule has 2 aliphatic carbocycles. The van der Waals surface area contributed by atoms with Gasteiger partial charge in [0.1, 0.15) is 10.7 Å². The topological polar surface area (TPSA) is 49.0 Å². The molecule has 5 heteroatoms. The Labute approximate surface area is 147 Å². The maximum atomic E-state index is 12.7. The Morgan fingerprint density at radius 1 is 1.29 bits per heavy atom. The Balaban J connectivity index is 1.71. The highest BCUT2D eigenvalue weighted by Crippen LogP contribution is 2.38. The van der Waals surface area contributed by atoms with E-state index in [4.69, 9.17) is 4.98 Å². The van der Waals surface area contributed by atoms with Crippen LogP contribution in [0.25, 0.3) is 10.2 Å². The molecule has 4 nitrogen and oxygen atoms in total. The SMILES string of the molecule is CC1CCc2c(sc3nc(C(C)N(C)C(C)C4CC4)[nH]c(=O)c23)C1. The molecule has 0 aromatic carbocycles. The van der Waals surface area contributed by atoms with Crippen LogP contribution >= 0.6 is 11.3 Å². The van der Waals surface area contributed by atoms with Gasteiger partial charge in [0.05, 0.1) is 11.4 Å². The number of nitrogens with one attached hydrogen (secondary N) is 1. The van der Waals surface area contributed by atoms with Crippen molar-refractivity contribution in [3.63, 3.8) is 0 Å². The van der Waals surface area contributed by atoms with Gasteiger partial charge < -0.3 is 4.98 Å². The first kappa shape index (κ1) is 16.3. The molecular formula is C19H27N3OS. The largest absolute Gasteiger partial charge is 0.309 e. The third-order valence-corrected chi connectivity index (χ3v) is 7.29. The lowest BCUT2D eigenvalue weighted by Gasteiger charge is -2.30. The lowest BCUT2D eigenvalue weighted by molar-refractivity contribution is 0.173. The molecule has 0 bridgehead atoms. The van der Waals surface area contributed by atoms with Crippen LogP contribution in [-0.4, -0.2) is 28.0 Å². The molecule has 0 saturated heterocycles. The fourth-order valence-corrected chi connectivity index (χ4v) is 5.41. The van der Waals surface area contributed by atoms with Gasteiger partial charge in [0, 0.05) is 10.9 Å². The lowest BCUT2D eigenvalue weighted by atomic mass is 9.89. The van der Waals surface area contributed by atoms with Gasteiger partial charge in [-0.25, -0.2) is 4.98 Å². The third-order valence-electron chi connectivity index (χ3n) is 6.14. The highest BCUT2D eigenvalue weighted by atomic mass is 32.1. The molecule has 0 amide bonds. The fraction of sp³-hybridized carbons (Fsp3) is 0.684. The molecule has 0 radical (unpaired) electrons. The smallest absolute Gasteiger partial charge is 0.259 e. The molecule has 2 heterocycles. The second-order valence-corrected chi connectivity index (χ2v) is 8.99. The van der Waals surface area contributed by atoms with Crippen LogP contribution in [0.2, 0.25) is 0 Å². The van der Waals surface area contributed by atoms with Gasteiger partial charge >= 0.3 is 0 Å². The number of rotatable bonds is 4. The minimum Gasteiger partial charge on any atom is -0.309 e. The lowest BCUT2D eigenvalue weighted by Crippen LogP contribution is -2.34. The summed E-state index contributed by atoms with van der Waals surface area (Å²) in [5, 5.41) is 0.857. The number of hydrogen-bond donors (Lipinski definition) is 1. The second-order valence-electron chi connectivity index (χ2n) is 7.90. The van der Waals surface area contributed by atoms with E-state index in [9.17, 15) is 4.79 Å². The molecule has 2 aromatic heterocycles. The Hall–Kier alpha value is -1.20. The molecule has 1 saturated carbocycles. The Morgan fingerprint density at radius 2 is 2.04 bits per heavy atom. The minimum absolute atomic E-state index is 0.0568. The van der Waals surface area contributed by atoms with Crippen molar-refractivity contribution in [1.82, 2.24) is 14.9 Å². The van der Waals surface area contributed by atoms with Crippen LogP contribution < -0.4 is 5.56 Å². The van der Waals surface area contributed by atoms with Gasteiger partial charge in [0.2, 0.25) is 0 Å². The van der Waals surface area contributed by atoms with Crippen LogP contribution in [0.3, 0.4) is 0 Å². The van der Waals surface area contributed by atoms with Crippen molar-refractivity contribution in [3.05, 3.63) is 26.6 Å². The van der Waals surface area contributed by atoms with E-state index in [-0.39, 0.29) is 11.6 Å². The highest BCUT2D eigenvalue weighted by molar-refractivity contribution is 7.18. The number of hydrogen-bond acceptors (Lipinski definition) is 4. The quantitative estimate of drug-likeness (QED) is 0.914. The van der Waals surface area contributed by atoms with Crippen molar-refractivity contribution in [3.8, 4) is 0 Å². The van der Waals surface area contributed by atoms with Gasteiger partial charge in [-0.2, -0.15) is 0 Å². The van der Waals surface area contributed by atoms with Crippen molar-refractivity contribution in [2.24, 2.45) is 11.8 Å². The summed E-state index contributed by atoms with van der Waals surface area (Å²) >= 11 is 1.74. The normalized spacial score (nSPS) is 23.5. The summed E-state index contributed by atoms with van der Waals surface area (Å²) in [5.41, 5.74) is 1.32. The average Bonchev–Trinajstić information content (AvgIpc) is 3.33. The predicted molar refractivity (Wildman–Crippen MR) is 99.8 cm³/mol. The molecule has 4 rings (SSSR count). The highest BCUT2D eigenvalue weighted by Gasteiger charge is 2.33. The maximum absolute atomic E-state index is 12.7. The summed E-state index contributed by atoms with van der Waals surface area (Å²) in [6.07, 6.45) is 5.96. The van der Waals surface area contributed by atoms with Gasteiger partial charge in [-0.3, -0.25) is 9.69 Å². The van der Waals surface area contributed by atoms with Crippen molar-refractivity contribution in [1.29, 1.82) is 0 Å². The van der Waals surface area contributed by atoms with E-state index in [1.165, 1.54) is 29.7 Å². The van der Waals surface area contributed by atoms with Crippen molar-refractivity contribution < 1.29 is 0 Å². The van der Waals surface area contributed by atoms with E-state index in [0.29, 0.717) is 12.0 Å². The zero-order valence-electron chi connectivity index (χ0n) is 15.1. The zero-order valence-corrected chi connectivity index (χ0v) is 15.9. The van der Waals surface area contributed by atoms with E-state index >= 15 is 0 Å². The number of thiophene rings is 1. The number of aryl methyl sites for hydroxylation is 1. The number of H-pyrrole nitrogens is 1. The van der Waals surface area contributed by atoms with Crippen molar-refractivity contribution in [2.75, 3.05) is 7.05 Å². The van der Waals surface area contributed by atoms with Crippen LogP contribution in [-0.2, 0) is 12.8 Å². The van der Waals surface area contributed by atoms with E-state index in [1.807, 2.05) is 0 Å². The van der Waals surface area contributed by atoms with Gasteiger partial charge in [-0.1, -0.05) is 6.92 Å². The molecule has 3 atom stereocenters. The minimum atomic E-state index is 0.0568. The molecule has 1 fully saturated rings. The number of fused-ring (bicyclic) bond motifs is 3. The summed E-state index contributed by atoms with van der Waals surface area (Å²) in [7, 11) is 2.15. The van der Waals surface area contributed by atoms with Crippen LogP contribution in [0.5, 0.6) is 0 Å². The summed E-state index contributed by atoms with van der Waals surface area (Å²) < 4.78 is 0. The summed E-state index contributed by atoms with van der Waals surface area (Å²) in [5.74, 6) is 2.34. The first-order valence-electron chi connectivity index (χ1n) is 9.22. The number of nitrogens with zero attached hydrogens (tertiary/aromatic N) is 2. The predicted octanol–water partition coefficient (Wildman–Crippen LogP) is 3.90. The van der Waals surface area contributed by atoms with Crippen molar-refractivity contribution >= 4 is 21.6 Å². The fourth-order valence-electron chi connectivity index (χ4n) is 4.02. The summed E-state index contributed by atoms with van der Waals surface area (Å²) in [6, 6.07) is 0.675. The van der Waals surface area contributed by atoms with Crippen molar-refractivity contribution in [2.45, 2.75) is 65.0 Å². The average molecular weight is 346 g/mol. The number of aromatic nitrogens is 2. The molecule has 24 heavy (non-hydrogen) atoms. The standard InChI is InChI=1S/C19H27N3OS/c1-10-5-8-14-15(9-10)24-19-16(14)18(23)20-17(21-19)12(3)22(4)11(2)13-6-7-13/h10-13H,5-9H2,1-4H3,(H,20,21,23). The molecule has 0 aliphatic heterocycles. The van der Waals surface area contributed by atoms with Crippen LogP contribution in [0.1, 0.15) is 62.3 Å². The van der Waals surface area contributed by atoms with E-state index in [0.717, 1.165) is 34.8 Å². The summed E-state index contributed by atoms with van der Waals surface area (Å²) in [4.78, 5) is 25.4. The van der Waals surface area contributed by atoms with E-state index in [2.05, 4.69) is 37.7 Å². The first-order chi connectivity index (χ1) is 11.5. The van der Waals surface area contributed by atoms with E-state index in [1.54, 1.807) is 11.3 Å². The molecule has 3 unspecified atom stereocenters. The first-order valence-corrected chi connectivity index (χ1v) is 10.0. The van der Waals surface area contributed by atoms with Crippen LogP contribution in [0.15, 0.2) is 4.79 Å². The Bertz CT molecular complexity index is 820. The van der Waals surface area contributed by atoms with E-state index < -0.39 is 0 Å². The van der Waals surface area contributed by atoms with Gasteiger partial charge in [0.15, 0.2) is 0 Å². The molecule has 2 aromatic rings. The summed E-state index contributed by atoms with van der Waals surface area (Å²) in [6.45, 7) is 6.74. The molecule has 130 valence electrons. The van der Waals surface area contributed by atoms with Crippen LogP contribution in [0, 0.1) is 11.8 Å². The molecule has 2 aliphatic rings. The van der Waals surface area contributed by atoms with Gasteiger partial charge in [-0.15, -0.1) is 11.3 Å². The Kier molecular flexibility index (Phi) is 4.04. The second kappa shape index (κ2) is 5.95. The van der Waals surface area contributed by atoms with Gasteiger partial charge in [0.25, 0.3) is 5.56 Å². The Morgan fingerprint density at radius 3 is 2.75 bits per heavy atom. The molecule has 1 N–H and O–H groups in total. The molecule has 0 spiro atoms. The zero-order chi connectivity index (χ0) is 17.0. The number of aromatic amines is 1.